The molecule has 4 nitrogen and oxygen atoms in total. The summed E-state index contributed by atoms with van der Waals surface area (Å²) in [7, 11) is 0. The van der Waals surface area contributed by atoms with Gasteiger partial charge in [-0.1, -0.05) is 18.2 Å². The van der Waals surface area contributed by atoms with Crippen LogP contribution in [0.3, 0.4) is 0 Å². The first kappa shape index (κ1) is 12.3. The van der Waals surface area contributed by atoms with Gasteiger partial charge in [-0.25, -0.2) is 4.79 Å². The molecule has 18 heavy (non-hydrogen) atoms. The van der Waals surface area contributed by atoms with Crippen LogP contribution < -0.4 is 0 Å². The van der Waals surface area contributed by atoms with E-state index in [0.29, 0.717) is 13.2 Å². The summed E-state index contributed by atoms with van der Waals surface area (Å²) in [5.41, 5.74) is 2.11. The Morgan fingerprint density at radius 1 is 1.17 bits per heavy atom. The highest BCUT2D eigenvalue weighted by molar-refractivity contribution is 5.87. The first-order valence-electron chi connectivity index (χ1n) is 5.54. The van der Waals surface area contributed by atoms with E-state index in [1.54, 1.807) is 30.6 Å². The highest BCUT2D eigenvalue weighted by Gasteiger charge is 2.03. The van der Waals surface area contributed by atoms with Gasteiger partial charge in [0.15, 0.2) is 0 Å². The summed E-state index contributed by atoms with van der Waals surface area (Å²) in [6.07, 6.45) is 3.45. The molecule has 0 amide bonds. The molecule has 0 fully saturated rings. The first-order chi connectivity index (χ1) is 8.75. The molecular weight excluding hydrogens is 230 g/mol. The number of hydrogen-bond donors (Lipinski definition) is 1. The summed E-state index contributed by atoms with van der Waals surface area (Å²) in [5.74, 6) is -0.927. The standard InChI is InChI=1S/C14H13NO3/c16-14(17)13-5-1-3-11(7-13)9-18-10-12-4-2-6-15-8-12/h1-8H,9-10H2,(H,16,17). The van der Waals surface area contributed by atoms with Gasteiger partial charge in [0.05, 0.1) is 18.8 Å². The second-order valence-corrected chi connectivity index (χ2v) is 3.86. The van der Waals surface area contributed by atoms with Crippen molar-refractivity contribution in [3.8, 4) is 0 Å². The van der Waals surface area contributed by atoms with Gasteiger partial charge in [-0.3, -0.25) is 4.98 Å². The molecule has 92 valence electrons. The van der Waals surface area contributed by atoms with Crippen LogP contribution in [0.15, 0.2) is 48.8 Å². The van der Waals surface area contributed by atoms with Gasteiger partial charge in [-0.15, -0.1) is 0 Å². The molecule has 2 aromatic rings. The number of hydrogen-bond acceptors (Lipinski definition) is 3. The number of carboxylic acid groups (broad SMARTS) is 1. The number of benzene rings is 1. The van der Waals surface area contributed by atoms with E-state index >= 15 is 0 Å². The van der Waals surface area contributed by atoms with Crippen molar-refractivity contribution in [1.29, 1.82) is 0 Å². The number of nitrogens with zero attached hydrogens (tertiary/aromatic N) is 1. The number of carboxylic acids is 1. The van der Waals surface area contributed by atoms with Gasteiger partial charge in [0.1, 0.15) is 0 Å². The summed E-state index contributed by atoms with van der Waals surface area (Å²) in [6, 6.07) is 10.5. The molecule has 1 aromatic carbocycles. The van der Waals surface area contributed by atoms with Gasteiger partial charge in [-0.05, 0) is 29.3 Å². The minimum Gasteiger partial charge on any atom is -0.478 e. The van der Waals surface area contributed by atoms with E-state index in [1.807, 2.05) is 18.2 Å². The lowest BCUT2D eigenvalue weighted by molar-refractivity contribution is 0.0696. The molecule has 0 atom stereocenters. The van der Waals surface area contributed by atoms with E-state index in [9.17, 15) is 4.79 Å². The monoisotopic (exact) mass is 243 g/mol. The molecule has 0 radical (unpaired) electrons. The van der Waals surface area contributed by atoms with Crippen molar-refractivity contribution in [1.82, 2.24) is 4.98 Å². The van der Waals surface area contributed by atoms with Gasteiger partial charge >= 0.3 is 5.97 Å². The molecule has 0 aliphatic rings. The Hall–Kier alpha value is -2.20. The van der Waals surface area contributed by atoms with Crippen molar-refractivity contribution in [3.63, 3.8) is 0 Å². The zero-order chi connectivity index (χ0) is 12.8. The van der Waals surface area contributed by atoms with Crippen molar-refractivity contribution < 1.29 is 14.6 Å². The summed E-state index contributed by atoms with van der Waals surface area (Å²) < 4.78 is 5.51. The minimum absolute atomic E-state index is 0.275. The van der Waals surface area contributed by atoms with Crippen LogP contribution in [0.2, 0.25) is 0 Å². The molecule has 1 aromatic heterocycles. The third-order valence-corrected chi connectivity index (χ3v) is 2.43. The predicted octanol–water partition coefficient (Wildman–Crippen LogP) is 2.50. The summed E-state index contributed by atoms with van der Waals surface area (Å²) in [5, 5.41) is 8.86. The lowest BCUT2D eigenvalue weighted by atomic mass is 10.1. The second kappa shape index (κ2) is 5.93. The van der Waals surface area contributed by atoms with Crippen LogP contribution >= 0.6 is 0 Å². The quantitative estimate of drug-likeness (QED) is 0.876. The Balaban J connectivity index is 1.90. The van der Waals surface area contributed by atoms with Gasteiger partial charge in [0.2, 0.25) is 0 Å². The van der Waals surface area contributed by atoms with Crippen LogP contribution in [0, 0.1) is 0 Å². The predicted molar refractivity (Wildman–Crippen MR) is 66.1 cm³/mol. The van der Waals surface area contributed by atoms with E-state index in [1.165, 1.54) is 0 Å². The zero-order valence-electron chi connectivity index (χ0n) is 9.74. The van der Waals surface area contributed by atoms with E-state index < -0.39 is 5.97 Å². The average Bonchev–Trinajstić information content (AvgIpc) is 2.40. The van der Waals surface area contributed by atoms with Gasteiger partial charge in [0.25, 0.3) is 0 Å². The Morgan fingerprint density at radius 2 is 1.94 bits per heavy atom. The van der Waals surface area contributed by atoms with Gasteiger partial charge in [-0.2, -0.15) is 0 Å². The Bertz CT molecular complexity index is 526. The molecule has 1 N–H and O–H groups in total. The molecule has 0 spiro atoms. The fourth-order valence-electron chi connectivity index (χ4n) is 1.56. The molecule has 1 heterocycles. The number of carbonyl (C=O) groups is 1. The van der Waals surface area contributed by atoms with Crippen LogP contribution in [-0.4, -0.2) is 16.1 Å². The molecule has 0 bridgehead atoms. The fraction of sp³-hybridized carbons (Fsp3) is 0.143. The zero-order valence-corrected chi connectivity index (χ0v) is 9.74. The maximum Gasteiger partial charge on any atom is 0.335 e. The number of pyridine rings is 1. The lowest BCUT2D eigenvalue weighted by Crippen LogP contribution is -1.99. The molecule has 0 saturated heterocycles. The maximum atomic E-state index is 10.8. The van der Waals surface area contributed by atoms with Crippen molar-refractivity contribution in [2.24, 2.45) is 0 Å². The van der Waals surface area contributed by atoms with Crippen molar-refractivity contribution >= 4 is 5.97 Å². The Kier molecular flexibility index (Phi) is 4.04. The first-order valence-corrected chi connectivity index (χ1v) is 5.54. The van der Waals surface area contributed by atoms with Crippen molar-refractivity contribution in [2.75, 3.05) is 0 Å². The second-order valence-electron chi connectivity index (χ2n) is 3.86. The largest absolute Gasteiger partial charge is 0.478 e. The lowest BCUT2D eigenvalue weighted by Gasteiger charge is -2.05. The Labute approximate surface area is 105 Å². The van der Waals surface area contributed by atoms with Crippen LogP contribution in [0.4, 0.5) is 0 Å². The van der Waals surface area contributed by atoms with Crippen molar-refractivity contribution in [3.05, 3.63) is 65.5 Å². The third-order valence-electron chi connectivity index (χ3n) is 2.43. The summed E-state index contributed by atoms with van der Waals surface area (Å²) in [4.78, 5) is 14.8. The van der Waals surface area contributed by atoms with E-state index in [2.05, 4.69) is 4.98 Å². The van der Waals surface area contributed by atoms with Crippen LogP contribution in [-0.2, 0) is 18.0 Å². The molecule has 2 rings (SSSR count). The number of aromatic carboxylic acids is 1. The molecule has 4 heteroatoms. The van der Waals surface area contributed by atoms with Crippen LogP contribution in [0.25, 0.3) is 0 Å². The molecule has 0 aliphatic carbocycles. The average molecular weight is 243 g/mol. The van der Waals surface area contributed by atoms with Crippen molar-refractivity contribution in [2.45, 2.75) is 13.2 Å². The summed E-state index contributed by atoms with van der Waals surface area (Å²) >= 11 is 0. The molecule has 0 aliphatic heterocycles. The van der Waals surface area contributed by atoms with E-state index in [4.69, 9.17) is 9.84 Å². The maximum absolute atomic E-state index is 10.8. The highest BCUT2D eigenvalue weighted by atomic mass is 16.5. The topological polar surface area (TPSA) is 59.4 Å². The van der Waals surface area contributed by atoms with E-state index in [-0.39, 0.29) is 5.56 Å². The van der Waals surface area contributed by atoms with Crippen LogP contribution in [0.5, 0.6) is 0 Å². The smallest absolute Gasteiger partial charge is 0.335 e. The normalized spacial score (nSPS) is 10.2. The minimum atomic E-state index is -0.927. The fourth-order valence-corrected chi connectivity index (χ4v) is 1.56. The number of rotatable bonds is 5. The summed E-state index contributed by atoms with van der Waals surface area (Å²) in [6.45, 7) is 0.848. The third kappa shape index (κ3) is 3.40. The molecule has 0 saturated carbocycles. The SMILES string of the molecule is O=C(O)c1cccc(COCc2cccnc2)c1. The molecule has 0 unspecified atom stereocenters. The number of ether oxygens (including phenoxy) is 1. The molecular formula is C14H13NO3. The van der Waals surface area contributed by atoms with Gasteiger partial charge in [0, 0.05) is 12.4 Å². The number of aromatic nitrogens is 1. The Morgan fingerprint density at radius 3 is 2.67 bits per heavy atom. The van der Waals surface area contributed by atoms with Crippen LogP contribution in [0.1, 0.15) is 21.5 Å². The van der Waals surface area contributed by atoms with Gasteiger partial charge < -0.3 is 9.84 Å². The highest BCUT2D eigenvalue weighted by Crippen LogP contribution is 2.08. The van der Waals surface area contributed by atoms with E-state index in [0.717, 1.165) is 11.1 Å².